The molecule has 0 saturated carbocycles. The van der Waals surface area contributed by atoms with E-state index >= 15 is 0 Å². The molecular formula is C10H16K4N2O8+4. The molecule has 0 spiro atoms. The second kappa shape index (κ2) is 18.1. The maximum absolute atomic E-state index is 10.8. The largest absolute Gasteiger partial charge is 1.00 e. The molecule has 14 heteroatoms. The fourth-order valence-electron chi connectivity index (χ4n) is 1.91. The second-order valence-corrected chi connectivity index (χ2v) is 4.59. The molecule has 10 nitrogen and oxygen atoms in total. The molecule has 0 aromatic carbocycles. The maximum atomic E-state index is 10.8. The Labute approximate surface area is 308 Å². The summed E-state index contributed by atoms with van der Waals surface area (Å²) in [5.41, 5.74) is 6.88. The van der Waals surface area contributed by atoms with Gasteiger partial charge in [0.25, 0.3) is 0 Å². The van der Waals surface area contributed by atoms with Crippen molar-refractivity contribution in [3.05, 3.63) is 0 Å². The molecule has 0 amide bonds. The van der Waals surface area contributed by atoms with Gasteiger partial charge in [0, 0.05) is 0 Å². The summed E-state index contributed by atoms with van der Waals surface area (Å²) < 4.78 is 0. The average molecular weight is 449 g/mol. The van der Waals surface area contributed by atoms with Crippen LogP contribution in [0.5, 0.6) is 0 Å². The van der Waals surface area contributed by atoms with Gasteiger partial charge in [-0.15, -0.1) is 0 Å². The van der Waals surface area contributed by atoms with Crippen LogP contribution in [0.4, 0.5) is 0 Å². The molecule has 0 rings (SSSR count). The molecule has 8 N–H and O–H groups in total. The molecule has 0 bridgehead atoms. The van der Waals surface area contributed by atoms with Crippen molar-refractivity contribution in [1.82, 2.24) is 0 Å². The summed E-state index contributed by atoms with van der Waals surface area (Å²) >= 11 is 0. The Hall–Kier alpha value is 4.35. The maximum Gasteiger partial charge on any atom is 1.00 e. The Morgan fingerprint density at radius 3 is 0.750 bits per heavy atom. The number of rotatable bonds is 9. The van der Waals surface area contributed by atoms with Crippen LogP contribution in [0.15, 0.2) is 0 Å². The zero-order valence-electron chi connectivity index (χ0n) is 14.4. The van der Waals surface area contributed by atoms with E-state index in [-0.39, 0.29) is 206 Å². The molecule has 0 aliphatic rings. The molecule has 24 heavy (non-hydrogen) atoms. The summed E-state index contributed by atoms with van der Waals surface area (Å²) in [4.78, 5) is 43.2. The van der Waals surface area contributed by atoms with E-state index in [0.29, 0.717) is 0 Å². The van der Waals surface area contributed by atoms with Crippen molar-refractivity contribution < 1.29 is 245 Å². The number of hydrogen-bond donors (Lipinski definition) is 6. The fraction of sp³-hybridized carbons (Fsp3) is 0.600. The number of carboxylic acid groups (broad SMARTS) is 4. The Morgan fingerprint density at radius 1 is 0.542 bits per heavy atom. The molecule has 0 aliphatic carbocycles. The van der Waals surface area contributed by atoms with Crippen LogP contribution in [-0.2, 0) is 19.2 Å². The number of carbonyl (C=O) groups is 4. The quantitative estimate of drug-likeness (QED) is 0.184. The molecule has 0 saturated heterocycles. The summed E-state index contributed by atoms with van der Waals surface area (Å²) in [5.74, 6) is -6.06. The van der Waals surface area contributed by atoms with Crippen LogP contribution in [0.3, 0.4) is 0 Å². The van der Waals surface area contributed by atoms with Crippen LogP contribution in [0.1, 0.15) is 25.7 Å². The van der Waals surface area contributed by atoms with Gasteiger partial charge in [-0.25, -0.2) is 0 Å². The minimum absolute atomic E-state index is 0. The van der Waals surface area contributed by atoms with Crippen LogP contribution in [0.25, 0.3) is 0 Å². The van der Waals surface area contributed by atoms with Crippen molar-refractivity contribution in [3.63, 3.8) is 0 Å². The van der Waals surface area contributed by atoms with Gasteiger partial charge in [0.1, 0.15) is 0 Å². The van der Waals surface area contributed by atoms with Crippen LogP contribution >= 0.6 is 0 Å². The zero-order valence-corrected chi connectivity index (χ0v) is 26.9. The predicted molar refractivity (Wildman–Crippen MR) is 62.8 cm³/mol. The third-order valence-corrected chi connectivity index (χ3v) is 2.86. The predicted octanol–water partition coefficient (Wildman–Crippen LogP) is -13.7. The molecule has 0 aromatic rings. The standard InChI is InChI=1S/C10H16N2O8.4K/c11-9(1-5(13)14,2-6(15)16)10(12,3-7(17)18)4-8(19)20;;;;/h1-4,11-12H2,(H,13,14)(H,15,16)(H,17,18)(H,19,20);;;;/q;4*+1. The van der Waals surface area contributed by atoms with Gasteiger partial charge in [-0.05, 0) is 0 Å². The summed E-state index contributed by atoms with van der Waals surface area (Å²) in [6.07, 6.45) is -3.90. The van der Waals surface area contributed by atoms with E-state index in [4.69, 9.17) is 31.9 Å². The molecular weight excluding hydrogens is 433 g/mol. The van der Waals surface area contributed by atoms with Gasteiger partial charge in [-0.2, -0.15) is 0 Å². The van der Waals surface area contributed by atoms with Crippen molar-refractivity contribution >= 4 is 23.9 Å². The Balaban J connectivity index is -0.000000301. The summed E-state index contributed by atoms with van der Waals surface area (Å²) in [5, 5.41) is 35.1. The monoisotopic (exact) mass is 448 g/mol. The molecule has 0 unspecified atom stereocenters. The SMILES string of the molecule is NC(CC(=O)O)(CC(=O)O)C(N)(CC(=O)O)CC(=O)O.[K+].[K+].[K+].[K+]. The normalized spacial score (nSPS) is 9.92. The zero-order chi connectivity index (χ0) is 16.1. The minimum atomic E-state index is -2.22. The van der Waals surface area contributed by atoms with Crippen molar-refractivity contribution in [2.45, 2.75) is 36.8 Å². The van der Waals surface area contributed by atoms with E-state index < -0.39 is 60.6 Å². The van der Waals surface area contributed by atoms with E-state index in [1.165, 1.54) is 0 Å². The Morgan fingerprint density at radius 2 is 0.667 bits per heavy atom. The number of carboxylic acids is 4. The Bertz CT molecular complexity index is 377. The van der Waals surface area contributed by atoms with Crippen LogP contribution < -0.4 is 217 Å². The topological polar surface area (TPSA) is 201 Å². The summed E-state index contributed by atoms with van der Waals surface area (Å²) in [6, 6.07) is 0. The molecule has 0 atom stereocenters. The molecule has 0 fully saturated rings. The van der Waals surface area contributed by atoms with Gasteiger partial charge >= 0.3 is 229 Å². The Kier molecular flexibility index (Phi) is 29.4. The van der Waals surface area contributed by atoms with Gasteiger partial charge in [0.05, 0.1) is 36.8 Å². The van der Waals surface area contributed by atoms with E-state index in [2.05, 4.69) is 0 Å². The van der Waals surface area contributed by atoms with Crippen molar-refractivity contribution in [2.75, 3.05) is 0 Å². The second-order valence-electron chi connectivity index (χ2n) is 4.59. The van der Waals surface area contributed by atoms with Gasteiger partial charge in [-0.3, -0.25) is 19.2 Å². The van der Waals surface area contributed by atoms with Gasteiger partial charge in [0.2, 0.25) is 0 Å². The first-order chi connectivity index (χ1) is 8.92. The van der Waals surface area contributed by atoms with Crippen LogP contribution in [0, 0.1) is 0 Å². The van der Waals surface area contributed by atoms with Gasteiger partial charge in [-0.1, -0.05) is 0 Å². The molecule has 0 aromatic heterocycles. The first-order valence-electron chi connectivity index (χ1n) is 5.37. The molecule has 0 heterocycles. The van der Waals surface area contributed by atoms with Crippen molar-refractivity contribution in [1.29, 1.82) is 0 Å². The summed E-state index contributed by atoms with van der Waals surface area (Å²) in [6.45, 7) is 0. The molecule has 0 radical (unpaired) electrons. The van der Waals surface area contributed by atoms with Gasteiger partial charge < -0.3 is 31.9 Å². The van der Waals surface area contributed by atoms with E-state index in [9.17, 15) is 19.2 Å². The molecule has 114 valence electrons. The number of nitrogens with two attached hydrogens (primary N) is 2. The fourth-order valence-corrected chi connectivity index (χ4v) is 1.91. The van der Waals surface area contributed by atoms with Crippen LogP contribution in [0.2, 0.25) is 0 Å². The third kappa shape index (κ3) is 15.2. The molecule has 0 aliphatic heterocycles. The van der Waals surface area contributed by atoms with E-state index in [1.54, 1.807) is 0 Å². The van der Waals surface area contributed by atoms with E-state index in [1.807, 2.05) is 0 Å². The number of hydrogen-bond acceptors (Lipinski definition) is 6. The smallest absolute Gasteiger partial charge is 0.481 e. The number of aliphatic carboxylic acids is 4. The van der Waals surface area contributed by atoms with Gasteiger partial charge in [0.15, 0.2) is 0 Å². The first kappa shape index (κ1) is 38.9. The van der Waals surface area contributed by atoms with Crippen LogP contribution in [-0.4, -0.2) is 55.4 Å². The van der Waals surface area contributed by atoms with E-state index in [0.717, 1.165) is 0 Å². The minimum Gasteiger partial charge on any atom is -0.481 e. The van der Waals surface area contributed by atoms with Crippen molar-refractivity contribution in [3.8, 4) is 0 Å². The summed E-state index contributed by atoms with van der Waals surface area (Å²) in [7, 11) is 0. The first-order valence-corrected chi connectivity index (χ1v) is 5.37. The third-order valence-electron chi connectivity index (χ3n) is 2.86. The average Bonchev–Trinajstić information content (AvgIpc) is 2.10. The van der Waals surface area contributed by atoms with Crippen molar-refractivity contribution in [2.24, 2.45) is 11.5 Å².